The Bertz CT molecular complexity index is 3190. The number of imidazole rings is 2. The van der Waals surface area contributed by atoms with E-state index >= 15 is 0 Å². The van der Waals surface area contributed by atoms with Gasteiger partial charge in [0.15, 0.2) is 11.8 Å². The molecule has 0 spiro atoms. The number of nitrogens with zero attached hydrogens (tertiary/aromatic N) is 10. The third-order valence-corrected chi connectivity index (χ3v) is 12.8. The Balaban J connectivity index is 0.992. The minimum atomic E-state index is -0.684. The molecule has 0 unspecified atom stereocenters. The number of carbonyl (C=O) groups excluding carboxylic acids is 4. The number of carbonyl (C=O) groups is 4. The van der Waals surface area contributed by atoms with E-state index in [4.69, 9.17) is 34.8 Å². The Morgan fingerprint density at radius 1 is 0.775 bits per heavy atom. The Kier molecular flexibility index (Phi) is 13.9. The van der Waals surface area contributed by atoms with E-state index in [1.54, 1.807) is 35.1 Å². The first-order chi connectivity index (χ1) is 34.3. The van der Waals surface area contributed by atoms with Gasteiger partial charge in [-0.05, 0) is 70.5 Å². The molecule has 0 bridgehead atoms. The van der Waals surface area contributed by atoms with Crippen molar-refractivity contribution in [2.24, 2.45) is 11.5 Å². The molecule has 372 valence electrons. The first-order valence-corrected chi connectivity index (χ1v) is 23.7. The summed E-state index contributed by atoms with van der Waals surface area (Å²) in [6, 6.07) is 6.17. The molecule has 0 atom stereocenters. The average molecular weight is 972 g/mol. The number of aryl methyl sites for hydroxylation is 4. The smallest absolute Gasteiger partial charge is 0.295 e. The number of rotatable bonds is 19. The standard InChI is InChI=1S/C48H57N15O8/c1-6-36-52-26(3)40(70-36)45(66)56-47-54-31-21-29(42(49)64)23-33(68-5)38(31)62(47)15-8-9-16-63-39-32(55-48(63)57-46(67)41-27(4)53-37(7-2)71-41)22-30(43(50)65)24-34(39)69-20-10-14-60-17-11-28(12-18-60)44-59-58-35-25-51-13-19-61(35)44/h8-9,21-24,28,51H,6-7,10-20,25H2,1-5H3,(H2,49,64)(H2,50,65)(H,54,56,66)(H,55,57,67)/b9-8+. The summed E-state index contributed by atoms with van der Waals surface area (Å²) in [6.07, 6.45) is 7.32. The lowest BCUT2D eigenvalue weighted by Gasteiger charge is -2.32. The number of allylic oxidation sites excluding steroid dienone is 2. The van der Waals surface area contributed by atoms with Crippen LogP contribution in [-0.2, 0) is 39.0 Å². The van der Waals surface area contributed by atoms with Crippen molar-refractivity contribution in [3.63, 3.8) is 0 Å². The van der Waals surface area contributed by atoms with Crippen LogP contribution >= 0.6 is 0 Å². The quantitative estimate of drug-likeness (QED) is 0.0554. The van der Waals surface area contributed by atoms with E-state index < -0.39 is 23.6 Å². The number of ether oxygens (including phenoxy) is 2. The number of nitrogens with two attached hydrogens (primary N) is 2. The lowest BCUT2D eigenvalue weighted by Crippen LogP contribution is -2.36. The lowest BCUT2D eigenvalue weighted by atomic mass is 9.95. The number of methoxy groups -OCH3 is 1. The van der Waals surface area contributed by atoms with E-state index in [0.717, 1.165) is 63.8 Å². The highest BCUT2D eigenvalue weighted by Crippen LogP contribution is 2.34. The highest BCUT2D eigenvalue weighted by molar-refractivity contribution is 6.05. The van der Waals surface area contributed by atoms with Crippen molar-refractivity contribution in [1.29, 1.82) is 0 Å². The predicted molar refractivity (Wildman–Crippen MR) is 260 cm³/mol. The molecule has 4 amide bonds. The van der Waals surface area contributed by atoms with E-state index in [1.165, 1.54) is 19.2 Å². The number of hydrogen-bond donors (Lipinski definition) is 5. The van der Waals surface area contributed by atoms with Gasteiger partial charge in [0.05, 0.1) is 42.7 Å². The van der Waals surface area contributed by atoms with Gasteiger partial charge in [0.25, 0.3) is 11.8 Å². The van der Waals surface area contributed by atoms with Crippen LogP contribution < -0.4 is 36.9 Å². The van der Waals surface area contributed by atoms with Crippen LogP contribution in [0.4, 0.5) is 11.9 Å². The molecule has 0 aliphatic carbocycles. The van der Waals surface area contributed by atoms with Crippen molar-refractivity contribution in [2.75, 3.05) is 50.5 Å². The fraction of sp³-hybridized carbons (Fsp3) is 0.417. The van der Waals surface area contributed by atoms with Crippen LogP contribution in [0.3, 0.4) is 0 Å². The summed E-state index contributed by atoms with van der Waals surface area (Å²) in [5.41, 5.74) is 14.3. The average Bonchev–Trinajstić information content (AvgIpc) is 4.20. The molecular formula is C48H57N15O8. The third-order valence-electron chi connectivity index (χ3n) is 12.8. The fourth-order valence-electron chi connectivity index (χ4n) is 9.16. The third kappa shape index (κ3) is 9.95. The molecule has 71 heavy (non-hydrogen) atoms. The molecule has 2 aliphatic heterocycles. The first kappa shape index (κ1) is 48.1. The molecule has 7 heterocycles. The minimum Gasteiger partial charge on any atom is -0.494 e. The van der Waals surface area contributed by atoms with E-state index in [-0.39, 0.29) is 47.6 Å². The Labute approximate surface area is 407 Å². The number of aromatic nitrogens is 9. The molecule has 2 aromatic carbocycles. The molecule has 1 fully saturated rings. The van der Waals surface area contributed by atoms with E-state index in [0.29, 0.717) is 88.5 Å². The SMILES string of the molecule is CCc1nc(C)c(C(=O)Nc2nc3cc(C(N)=O)cc(OC)c3n2C/C=C/Cn2c(NC(=O)c3oc(CC)nc3C)nc3cc(C(N)=O)cc(OCCCN4CCC(c5nnc6n5CCNC6)CC4)c32)o1. The second kappa shape index (κ2) is 20.6. The van der Waals surface area contributed by atoms with Crippen LogP contribution in [0.2, 0.25) is 0 Å². The van der Waals surface area contributed by atoms with Gasteiger partial charge >= 0.3 is 0 Å². The van der Waals surface area contributed by atoms with Gasteiger partial charge < -0.3 is 53.7 Å². The van der Waals surface area contributed by atoms with Crippen molar-refractivity contribution in [2.45, 2.75) is 91.9 Å². The topological polar surface area (TPSA) is 297 Å². The van der Waals surface area contributed by atoms with Gasteiger partial charge in [0.2, 0.25) is 35.2 Å². The lowest BCUT2D eigenvalue weighted by molar-refractivity contribution is 0.0985. The Morgan fingerprint density at radius 3 is 1.85 bits per heavy atom. The minimum absolute atomic E-state index is 0.0336. The number of amides is 4. The van der Waals surface area contributed by atoms with Gasteiger partial charge in [0, 0.05) is 62.6 Å². The summed E-state index contributed by atoms with van der Waals surface area (Å²) >= 11 is 0. The number of benzene rings is 2. The summed E-state index contributed by atoms with van der Waals surface area (Å²) in [6.45, 7) is 12.9. The Morgan fingerprint density at radius 2 is 1.32 bits per heavy atom. The highest BCUT2D eigenvalue weighted by atomic mass is 16.5. The van der Waals surface area contributed by atoms with Crippen LogP contribution in [0.15, 0.2) is 45.3 Å². The van der Waals surface area contributed by atoms with E-state index in [1.807, 2.05) is 26.0 Å². The maximum atomic E-state index is 13.8. The van der Waals surface area contributed by atoms with Gasteiger partial charge in [-0.25, -0.2) is 19.9 Å². The van der Waals surface area contributed by atoms with Crippen LogP contribution in [0, 0.1) is 13.8 Å². The van der Waals surface area contributed by atoms with Gasteiger partial charge in [-0.3, -0.25) is 29.8 Å². The molecule has 0 radical (unpaired) electrons. The molecule has 23 nitrogen and oxygen atoms in total. The zero-order valence-corrected chi connectivity index (χ0v) is 40.3. The first-order valence-electron chi connectivity index (χ1n) is 23.7. The summed E-state index contributed by atoms with van der Waals surface area (Å²) in [7, 11) is 1.45. The summed E-state index contributed by atoms with van der Waals surface area (Å²) in [5.74, 6) is 1.74. The van der Waals surface area contributed by atoms with Gasteiger partial charge in [-0.1, -0.05) is 26.0 Å². The number of fused-ring (bicyclic) bond motifs is 3. The molecule has 1 saturated heterocycles. The summed E-state index contributed by atoms with van der Waals surface area (Å²) in [4.78, 5) is 73.1. The molecule has 7 N–H and O–H groups in total. The maximum absolute atomic E-state index is 13.8. The Hall–Kier alpha value is -7.92. The number of hydrogen-bond acceptors (Lipinski definition) is 16. The van der Waals surface area contributed by atoms with Crippen LogP contribution in [0.1, 0.15) is 116 Å². The van der Waals surface area contributed by atoms with Crippen LogP contribution in [0.5, 0.6) is 11.5 Å². The van der Waals surface area contributed by atoms with Crippen molar-refractivity contribution in [3.05, 3.63) is 93.9 Å². The zero-order valence-electron chi connectivity index (χ0n) is 40.3. The maximum Gasteiger partial charge on any atom is 0.295 e. The van der Waals surface area contributed by atoms with Gasteiger partial charge in [-0.2, -0.15) is 0 Å². The van der Waals surface area contributed by atoms with Crippen molar-refractivity contribution < 1.29 is 37.5 Å². The monoisotopic (exact) mass is 971 g/mol. The van der Waals surface area contributed by atoms with E-state index in [9.17, 15) is 19.2 Å². The predicted octanol–water partition coefficient (Wildman–Crippen LogP) is 4.41. The number of anilines is 2. The molecule has 7 aromatic rings. The number of oxazole rings is 2. The number of likely N-dealkylation sites (tertiary alicyclic amines) is 1. The summed E-state index contributed by atoms with van der Waals surface area (Å²) in [5, 5.41) is 18.1. The fourth-order valence-corrected chi connectivity index (χ4v) is 9.16. The molecule has 5 aromatic heterocycles. The molecule has 0 saturated carbocycles. The van der Waals surface area contributed by atoms with Crippen molar-refractivity contribution in [3.8, 4) is 11.5 Å². The van der Waals surface area contributed by atoms with Crippen LogP contribution in [0.25, 0.3) is 22.1 Å². The van der Waals surface area contributed by atoms with Crippen molar-refractivity contribution in [1.82, 2.24) is 54.1 Å². The highest BCUT2D eigenvalue weighted by Gasteiger charge is 2.28. The summed E-state index contributed by atoms with van der Waals surface area (Å²) < 4.78 is 29.5. The van der Waals surface area contributed by atoms with Gasteiger partial charge in [-0.15, -0.1) is 10.2 Å². The molecule has 9 rings (SSSR count). The second-order valence-electron chi connectivity index (χ2n) is 17.5. The van der Waals surface area contributed by atoms with Crippen LogP contribution in [-0.4, -0.2) is 112 Å². The molecular weight excluding hydrogens is 915 g/mol. The van der Waals surface area contributed by atoms with Gasteiger partial charge in [0.1, 0.15) is 34.2 Å². The number of primary amides is 2. The van der Waals surface area contributed by atoms with E-state index in [2.05, 4.69) is 50.6 Å². The number of piperidine rings is 1. The van der Waals surface area contributed by atoms with Crippen molar-refractivity contribution >= 4 is 57.6 Å². The number of nitrogens with one attached hydrogen (secondary N) is 3. The zero-order chi connectivity index (χ0) is 49.9. The normalized spacial score (nSPS) is 14.4. The molecule has 2 aliphatic rings. The second-order valence-corrected chi connectivity index (χ2v) is 17.5. The molecule has 23 heteroatoms. The largest absolute Gasteiger partial charge is 0.494 e.